The minimum atomic E-state index is -0.444. The quantitative estimate of drug-likeness (QED) is 0.890. The van der Waals surface area contributed by atoms with Crippen molar-refractivity contribution in [2.24, 2.45) is 0 Å². The second kappa shape index (κ2) is 5.41. The van der Waals surface area contributed by atoms with Crippen LogP contribution in [0.2, 0.25) is 0 Å². The molecule has 1 fully saturated rings. The lowest BCUT2D eigenvalue weighted by atomic mass is 10.0. The van der Waals surface area contributed by atoms with Crippen LogP contribution in [0.15, 0.2) is 24.3 Å². The average molecular weight is 288 g/mol. The first kappa shape index (κ1) is 13.9. The van der Waals surface area contributed by atoms with Gasteiger partial charge in [-0.3, -0.25) is 4.79 Å². The number of β-amino-alcohol motifs (C(OH)–C–C–N with tert-alkyl or cyclic N) is 1. The van der Waals surface area contributed by atoms with Crippen molar-refractivity contribution < 1.29 is 14.6 Å². The molecule has 1 aliphatic heterocycles. The third kappa shape index (κ3) is 2.38. The summed E-state index contributed by atoms with van der Waals surface area (Å²) in [6, 6.07) is 7.80. The molecule has 1 amide bonds. The molecule has 3 rings (SSSR count). The first-order valence-corrected chi connectivity index (χ1v) is 7.25. The zero-order valence-electron chi connectivity index (χ0n) is 12.3. The van der Waals surface area contributed by atoms with Crippen LogP contribution in [0.25, 0.3) is 10.9 Å². The molecule has 2 aromatic rings. The third-order valence-electron chi connectivity index (χ3n) is 4.19. The summed E-state index contributed by atoms with van der Waals surface area (Å²) in [4.78, 5) is 17.7. The number of hydrogen-bond acceptors (Lipinski definition) is 3. The second-order valence-corrected chi connectivity index (χ2v) is 5.62. The van der Waals surface area contributed by atoms with Crippen molar-refractivity contribution in [2.75, 3.05) is 13.7 Å². The Labute approximate surface area is 123 Å². The van der Waals surface area contributed by atoms with Gasteiger partial charge in [-0.25, -0.2) is 0 Å². The monoisotopic (exact) mass is 288 g/mol. The Kier molecular flexibility index (Phi) is 3.59. The molecule has 112 valence electrons. The van der Waals surface area contributed by atoms with Crippen LogP contribution in [0.1, 0.15) is 30.3 Å². The molecular weight excluding hydrogens is 268 g/mol. The van der Waals surface area contributed by atoms with Crippen LogP contribution in [0.4, 0.5) is 0 Å². The Morgan fingerprint density at radius 1 is 1.38 bits per heavy atom. The van der Waals surface area contributed by atoms with Crippen LogP contribution in [0.5, 0.6) is 5.75 Å². The Hall–Kier alpha value is -2.01. The largest absolute Gasteiger partial charge is 0.494 e. The van der Waals surface area contributed by atoms with Gasteiger partial charge in [0.05, 0.1) is 13.2 Å². The summed E-state index contributed by atoms with van der Waals surface area (Å²) in [6.07, 6.45) is 1.12. The molecule has 1 aliphatic rings. The zero-order valence-corrected chi connectivity index (χ0v) is 12.3. The van der Waals surface area contributed by atoms with Gasteiger partial charge >= 0.3 is 0 Å². The molecule has 1 saturated heterocycles. The van der Waals surface area contributed by atoms with Gasteiger partial charge in [-0.1, -0.05) is 12.1 Å². The molecule has 21 heavy (non-hydrogen) atoms. The lowest BCUT2D eigenvalue weighted by Crippen LogP contribution is -2.47. The van der Waals surface area contributed by atoms with E-state index in [9.17, 15) is 9.90 Å². The number of H-pyrrole nitrogens is 1. The predicted molar refractivity (Wildman–Crippen MR) is 80.6 cm³/mol. The number of benzene rings is 1. The summed E-state index contributed by atoms with van der Waals surface area (Å²) in [5, 5.41) is 10.7. The van der Waals surface area contributed by atoms with E-state index < -0.39 is 6.10 Å². The molecule has 1 aromatic carbocycles. The fourth-order valence-corrected chi connectivity index (χ4v) is 2.99. The predicted octanol–water partition coefficient (Wildman–Crippen LogP) is 2.16. The average Bonchev–Trinajstić information content (AvgIpc) is 2.87. The number of methoxy groups -OCH3 is 1. The lowest BCUT2D eigenvalue weighted by molar-refractivity contribution is 0.0303. The number of ether oxygens (including phenoxy) is 1. The van der Waals surface area contributed by atoms with Crippen molar-refractivity contribution in [1.82, 2.24) is 9.88 Å². The molecule has 0 aliphatic carbocycles. The maximum absolute atomic E-state index is 12.8. The van der Waals surface area contributed by atoms with Crippen molar-refractivity contribution in [2.45, 2.75) is 31.9 Å². The Morgan fingerprint density at radius 3 is 2.90 bits per heavy atom. The van der Waals surface area contributed by atoms with Crippen LogP contribution in [-0.2, 0) is 0 Å². The highest BCUT2D eigenvalue weighted by atomic mass is 16.5. The van der Waals surface area contributed by atoms with Gasteiger partial charge in [-0.05, 0) is 31.9 Å². The molecule has 5 heteroatoms. The van der Waals surface area contributed by atoms with E-state index in [0.29, 0.717) is 18.0 Å². The number of aliphatic hydroxyl groups excluding tert-OH is 1. The summed E-state index contributed by atoms with van der Waals surface area (Å²) < 4.78 is 5.43. The van der Waals surface area contributed by atoms with Crippen molar-refractivity contribution in [3.8, 4) is 5.75 Å². The van der Waals surface area contributed by atoms with E-state index in [1.807, 2.05) is 31.2 Å². The van der Waals surface area contributed by atoms with Gasteiger partial charge in [0.15, 0.2) is 5.75 Å². The molecule has 0 radical (unpaired) electrons. The number of fused-ring (bicyclic) bond motifs is 1. The number of rotatable bonds is 2. The molecule has 0 saturated carbocycles. The first-order chi connectivity index (χ1) is 10.1. The minimum Gasteiger partial charge on any atom is -0.494 e. The minimum absolute atomic E-state index is 0.116. The number of aromatic amines is 1. The molecule has 0 unspecified atom stereocenters. The molecule has 5 nitrogen and oxygen atoms in total. The SMILES string of the molecule is COc1c(C(=O)N2C[C@@H](O)CC[C@@H]2C)[nH]c2ccccc12. The number of amides is 1. The van der Waals surface area contributed by atoms with E-state index in [-0.39, 0.29) is 11.9 Å². The van der Waals surface area contributed by atoms with E-state index in [4.69, 9.17) is 4.74 Å². The third-order valence-corrected chi connectivity index (χ3v) is 4.19. The number of likely N-dealkylation sites (tertiary alicyclic amines) is 1. The molecule has 1 aromatic heterocycles. The molecule has 2 heterocycles. The van der Waals surface area contributed by atoms with Crippen LogP contribution in [0, 0.1) is 0 Å². The summed E-state index contributed by atoms with van der Waals surface area (Å²) in [5.74, 6) is 0.456. The number of carbonyl (C=O) groups is 1. The number of para-hydroxylation sites is 1. The fraction of sp³-hybridized carbons (Fsp3) is 0.438. The Morgan fingerprint density at radius 2 is 2.14 bits per heavy atom. The van der Waals surface area contributed by atoms with Gasteiger partial charge in [0.1, 0.15) is 5.69 Å². The summed E-state index contributed by atoms with van der Waals surface area (Å²) >= 11 is 0. The van der Waals surface area contributed by atoms with Gasteiger partial charge in [0, 0.05) is 23.5 Å². The van der Waals surface area contributed by atoms with E-state index in [1.165, 1.54) is 0 Å². The van der Waals surface area contributed by atoms with Crippen molar-refractivity contribution in [3.05, 3.63) is 30.0 Å². The van der Waals surface area contributed by atoms with Crippen LogP contribution < -0.4 is 4.74 Å². The fourth-order valence-electron chi connectivity index (χ4n) is 2.99. The topological polar surface area (TPSA) is 65.6 Å². The Balaban J connectivity index is 2.01. The summed E-state index contributed by atoms with van der Waals surface area (Å²) in [7, 11) is 1.57. The maximum Gasteiger partial charge on any atom is 0.274 e. The van der Waals surface area contributed by atoms with Gasteiger partial charge in [-0.2, -0.15) is 0 Å². The van der Waals surface area contributed by atoms with E-state index in [1.54, 1.807) is 12.0 Å². The highest BCUT2D eigenvalue weighted by Gasteiger charge is 2.31. The smallest absolute Gasteiger partial charge is 0.274 e. The Bertz CT molecular complexity index is 665. The zero-order chi connectivity index (χ0) is 15.0. The number of piperidine rings is 1. The normalized spacial score (nSPS) is 22.5. The summed E-state index contributed by atoms with van der Waals surface area (Å²) in [6.45, 7) is 2.39. The first-order valence-electron chi connectivity index (χ1n) is 7.25. The van der Waals surface area contributed by atoms with Crippen LogP contribution in [0.3, 0.4) is 0 Å². The number of nitrogens with zero attached hydrogens (tertiary/aromatic N) is 1. The van der Waals surface area contributed by atoms with Gasteiger partial charge in [0.2, 0.25) is 0 Å². The van der Waals surface area contributed by atoms with Gasteiger partial charge < -0.3 is 19.7 Å². The number of hydrogen-bond donors (Lipinski definition) is 2. The number of carbonyl (C=O) groups excluding carboxylic acids is 1. The van der Waals surface area contributed by atoms with Crippen molar-refractivity contribution in [3.63, 3.8) is 0 Å². The van der Waals surface area contributed by atoms with E-state index >= 15 is 0 Å². The maximum atomic E-state index is 12.8. The highest BCUT2D eigenvalue weighted by Crippen LogP contribution is 2.31. The standard InChI is InChI=1S/C16H20N2O3/c1-10-7-8-11(19)9-18(10)16(20)14-15(21-2)12-5-3-4-6-13(12)17-14/h3-6,10-11,17,19H,7-9H2,1-2H3/t10-,11-/m0/s1. The van der Waals surface area contributed by atoms with Crippen molar-refractivity contribution in [1.29, 1.82) is 0 Å². The summed E-state index contributed by atoms with van der Waals surface area (Å²) in [5.41, 5.74) is 1.34. The molecular formula is C16H20N2O3. The van der Waals surface area contributed by atoms with E-state index in [2.05, 4.69) is 4.98 Å². The van der Waals surface area contributed by atoms with Gasteiger partial charge in [0.25, 0.3) is 5.91 Å². The molecule has 2 atom stereocenters. The van der Waals surface area contributed by atoms with Crippen LogP contribution in [-0.4, -0.2) is 46.7 Å². The lowest BCUT2D eigenvalue weighted by Gasteiger charge is -2.35. The van der Waals surface area contributed by atoms with Crippen LogP contribution >= 0.6 is 0 Å². The number of nitrogens with one attached hydrogen (secondary N) is 1. The molecule has 2 N–H and O–H groups in total. The molecule has 0 bridgehead atoms. The van der Waals surface area contributed by atoms with Crippen molar-refractivity contribution >= 4 is 16.8 Å². The van der Waals surface area contributed by atoms with Gasteiger partial charge in [-0.15, -0.1) is 0 Å². The molecule has 0 spiro atoms. The highest BCUT2D eigenvalue weighted by molar-refractivity contribution is 6.03. The second-order valence-electron chi connectivity index (χ2n) is 5.62. The van der Waals surface area contributed by atoms with E-state index in [0.717, 1.165) is 23.7 Å². The number of aromatic nitrogens is 1. The number of aliphatic hydroxyl groups is 1.